The average Bonchev–Trinajstić information content (AvgIpc) is 2.34. The van der Waals surface area contributed by atoms with Gasteiger partial charge in [0.25, 0.3) is 0 Å². The topological polar surface area (TPSA) is 68.8 Å². The second kappa shape index (κ2) is 5.93. The van der Waals surface area contributed by atoms with Crippen molar-refractivity contribution in [3.8, 4) is 17.9 Å². The highest BCUT2D eigenvalue weighted by Crippen LogP contribution is 2.30. The van der Waals surface area contributed by atoms with Crippen LogP contribution in [0.2, 0.25) is 0 Å². The summed E-state index contributed by atoms with van der Waals surface area (Å²) in [6.07, 6.45) is -3.97. The van der Waals surface area contributed by atoms with Crippen molar-refractivity contribution >= 4 is 5.69 Å². The van der Waals surface area contributed by atoms with Crippen LogP contribution in [0, 0.1) is 35.4 Å². The normalized spacial score (nSPS) is 10.2. The molecule has 0 radical (unpaired) electrons. The molecule has 0 amide bonds. The first-order valence-electron chi connectivity index (χ1n) is 5.09. The lowest BCUT2D eigenvalue weighted by atomic mass is 10.2. The highest BCUT2D eigenvalue weighted by atomic mass is 19.4. The Bertz CT molecular complexity index is 607. The molecule has 4 nitrogen and oxygen atoms in total. The van der Waals surface area contributed by atoms with Crippen molar-refractivity contribution in [3.63, 3.8) is 0 Å². The summed E-state index contributed by atoms with van der Waals surface area (Å²) in [5.41, 5.74) is 0.0950. The van der Waals surface area contributed by atoms with Crippen LogP contribution < -0.4 is 10.1 Å². The van der Waals surface area contributed by atoms with Gasteiger partial charge in [-0.2, -0.15) is 10.5 Å². The maximum atomic E-state index is 13.4. The second-order valence-electron chi connectivity index (χ2n) is 3.57. The van der Waals surface area contributed by atoms with Crippen LogP contribution in [0.3, 0.4) is 0 Å². The monoisotopic (exact) mass is 285 g/mol. The molecule has 20 heavy (non-hydrogen) atoms. The van der Waals surface area contributed by atoms with Gasteiger partial charge in [0.05, 0.1) is 0 Å². The molecular formula is C12H7F4N3O. The van der Waals surface area contributed by atoms with Crippen LogP contribution in [0.5, 0.6) is 5.75 Å². The van der Waals surface area contributed by atoms with Gasteiger partial charge in [0.15, 0.2) is 11.6 Å². The number of rotatable bonds is 3. The summed E-state index contributed by atoms with van der Waals surface area (Å²) >= 11 is 0. The summed E-state index contributed by atoms with van der Waals surface area (Å²) in [5, 5.41) is 19.5. The van der Waals surface area contributed by atoms with E-state index in [1.165, 1.54) is 6.92 Å². The predicted octanol–water partition coefficient (Wildman–Crippen LogP) is 3.38. The Labute approximate surface area is 111 Å². The van der Waals surface area contributed by atoms with E-state index in [1.54, 1.807) is 12.1 Å². The first-order valence-corrected chi connectivity index (χ1v) is 5.09. The lowest BCUT2D eigenvalue weighted by Crippen LogP contribution is -2.18. The van der Waals surface area contributed by atoms with Gasteiger partial charge in [-0.1, -0.05) is 0 Å². The molecule has 1 aromatic rings. The molecule has 0 spiro atoms. The van der Waals surface area contributed by atoms with E-state index in [1.807, 2.05) is 0 Å². The number of anilines is 1. The number of nitrogens with zero attached hydrogens (tertiary/aromatic N) is 2. The van der Waals surface area contributed by atoms with Crippen molar-refractivity contribution in [2.45, 2.75) is 13.3 Å². The Morgan fingerprint density at radius 2 is 1.90 bits per heavy atom. The lowest BCUT2D eigenvalue weighted by molar-refractivity contribution is -0.275. The standard InChI is InChI=1S/C12H7F4N3O/c1-7-2-11(20-12(14,15)16)9(13)3-10(7)19-6-8(4-17)5-18/h2-3,6,19H,1H3. The van der Waals surface area contributed by atoms with Gasteiger partial charge in [0.1, 0.15) is 17.7 Å². The molecule has 0 aliphatic carbocycles. The second-order valence-corrected chi connectivity index (χ2v) is 3.57. The van der Waals surface area contributed by atoms with Crippen LogP contribution >= 0.6 is 0 Å². The molecule has 0 aliphatic heterocycles. The number of alkyl halides is 3. The Balaban J connectivity index is 3.04. The Morgan fingerprint density at radius 1 is 1.30 bits per heavy atom. The number of hydrogen-bond donors (Lipinski definition) is 1. The van der Waals surface area contributed by atoms with E-state index in [2.05, 4.69) is 10.1 Å². The van der Waals surface area contributed by atoms with Crippen molar-refractivity contribution in [2.24, 2.45) is 0 Å². The van der Waals surface area contributed by atoms with Crippen LogP contribution in [-0.4, -0.2) is 6.36 Å². The minimum atomic E-state index is -4.99. The van der Waals surface area contributed by atoms with Crippen molar-refractivity contribution < 1.29 is 22.3 Å². The minimum absolute atomic E-state index is 0.111. The van der Waals surface area contributed by atoms with Gasteiger partial charge < -0.3 is 10.1 Å². The summed E-state index contributed by atoms with van der Waals surface area (Å²) < 4.78 is 53.0. The van der Waals surface area contributed by atoms with Crippen LogP contribution in [0.4, 0.5) is 23.2 Å². The third-order valence-electron chi connectivity index (χ3n) is 2.12. The molecule has 0 aromatic heterocycles. The molecule has 1 N–H and O–H groups in total. The van der Waals surface area contributed by atoms with Crippen molar-refractivity contribution in [1.29, 1.82) is 10.5 Å². The summed E-state index contributed by atoms with van der Waals surface area (Å²) in [6.45, 7) is 1.41. The zero-order chi connectivity index (χ0) is 15.3. The molecule has 0 saturated carbocycles. The van der Waals surface area contributed by atoms with Crippen LogP contribution in [0.25, 0.3) is 0 Å². The van der Waals surface area contributed by atoms with Crippen molar-refractivity contribution in [3.05, 3.63) is 35.3 Å². The summed E-state index contributed by atoms with van der Waals surface area (Å²) in [5.74, 6) is -2.18. The molecule has 1 aromatic carbocycles. The molecule has 1 rings (SSSR count). The first kappa shape index (κ1) is 15.3. The van der Waals surface area contributed by atoms with Crippen LogP contribution in [0.15, 0.2) is 23.9 Å². The van der Waals surface area contributed by atoms with E-state index in [-0.39, 0.29) is 16.8 Å². The molecule has 0 unspecified atom stereocenters. The number of allylic oxidation sites excluding steroid dienone is 1. The van der Waals surface area contributed by atoms with E-state index in [4.69, 9.17) is 10.5 Å². The lowest BCUT2D eigenvalue weighted by Gasteiger charge is -2.12. The summed E-state index contributed by atoms with van der Waals surface area (Å²) in [6, 6.07) is 4.77. The number of hydrogen-bond acceptors (Lipinski definition) is 4. The molecule has 104 valence electrons. The van der Waals surface area contributed by atoms with Crippen LogP contribution in [0.1, 0.15) is 5.56 Å². The molecule has 0 heterocycles. The van der Waals surface area contributed by atoms with Gasteiger partial charge in [0.2, 0.25) is 0 Å². The van der Waals surface area contributed by atoms with Crippen molar-refractivity contribution in [2.75, 3.05) is 5.32 Å². The largest absolute Gasteiger partial charge is 0.573 e. The SMILES string of the molecule is Cc1cc(OC(F)(F)F)c(F)cc1NC=C(C#N)C#N. The average molecular weight is 285 g/mol. The predicted molar refractivity (Wildman–Crippen MR) is 60.8 cm³/mol. The van der Waals surface area contributed by atoms with E-state index in [0.717, 1.165) is 18.3 Å². The fraction of sp³-hybridized carbons (Fsp3) is 0.167. The third kappa shape index (κ3) is 4.18. The van der Waals surface area contributed by atoms with Gasteiger partial charge in [-0.3, -0.25) is 0 Å². The number of benzene rings is 1. The Kier molecular flexibility index (Phi) is 4.54. The quantitative estimate of drug-likeness (QED) is 0.682. The summed E-state index contributed by atoms with van der Waals surface area (Å²) in [4.78, 5) is 0. The van der Waals surface area contributed by atoms with Gasteiger partial charge >= 0.3 is 6.36 Å². The number of nitriles is 2. The molecule has 0 saturated heterocycles. The highest BCUT2D eigenvalue weighted by molar-refractivity contribution is 5.57. The number of ether oxygens (including phenoxy) is 1. The highest BCUT2D eigenvalue weighted by Gasteiger charge is 2.32. The maximum Gasteiger partial charge on any atom is 0.573 e. The number of halogens is 4. The van der Waals surface area contributed by atoms with E-state index < -0.39 is 17.9 Å². The first-order chi connectivity index (χ1) is 9.26. The van der Waals surface area contributed by atoms with Crippen molar-refractivity contribution in [1.82, 2.24) is 0 Å². The smallest absolute Gasteiger partial charge is 0.403 e. The number of nitrogens with one attached hydrogen (secondary N) is 1. The van der Waals surface area contributed by atoms with Gasteiger partial charge in [-0.15, -0.1) is 13.2 Å². The van der Waals surface area contributed by atoms with E-state index >= 15 is 0 Å². The van der Waals surface area contributed by atoms with Gasteiger partial charge in [0, 0.05) is 18.0 Å². The zero-order valence-corrected chi connectivity index (χ0v) is 10.0. The molecule has 8 heteroatoms. The fourth-order valence-corrected chi connectivity index (χ4v) is 1.25. The molecule has 0 aliphatic rings. The molecule has 0 atom stereocenters. The molecule has 0 fully saturated rings. The van der Waals surface area contributed by atoms with Gasteiger partial charge in [-0.25, -0.2) is 4.39 Å². The van der Waals surface area contributed by atoms with E-state index in [9.17, 15) is 17.6 Å². The van der Waals surface area contributed by atoms with Gasteiger partial charge in [-0.05, 0) is 18.6 Å². The summed E-state index contributed by atoms with van der Waals surface area (Å²) in [7, 11) is 0. The Hall–Kier alpha value is -2.74. The fourth-order valence-electron chi connectivity index (χ4n) is 1.25. The Morgan fingerprint density at radius 3 is 2.40 bits per heavy atom. The maximum absolute atomic E-state index is 13.4. The zero-order valence-electron chi connectivity index (χ0n) is 10.0. The van der Waals surface area contributed by atoms with Crippen LogP contribution in [-0.2, 0) is 0 Å². The van der Waals surface area contributed by atoms with E-state index in [0.29, 0.717) is 0 Å². The minimum Gasteiger partial charge on any atom is -0.403 e. The number of aryl methyl sites for hydroxylation is 1. The molecular weight excluding hydrogens is 278 g/mol. The third-order valence-corrected chi connectivity index (χ3v) is 2.12. The molecule has 0 bridgehead atoms.